The first-order valence-electron chi connectivity index (χ1n) is 7.25. The van der Waals surface area contributed by atoms with Crippen LogP contribution in [0.5, 0.6) is 0 Å². The van der Waals surface area contributed by atoms with Crippen LogP contribution in [0.15, 0.2) is 41.0 Å². The molecule has 2 aromatic rings. The summed E-state index contributed by atoms with van der Waals surface area (Å²) in [5.41, 5.74) is 1.07. The molecule has 0 fully saturated rings. The Morgan fingerprint density at radius 2 is 2.04 bits per heavy atom. The van der Waals surface area contributed by atoms with E-state index >= 15 is 0 Å². The fourth-order valence-corrected chi connectivity index (χ4v) is 2.04. The maximum absolute atomic E-state index is 12.1. The molecule has 0 unspecified atom stereocenters. The Morgan fingerprint density at radius 3 is 2.74 bits per heavy atom. The van der Waals surface area contributed by atoms with Gasteiger partial charge in [0.15, 0.2) is 5.76 Å². The molecule has 0 saturated heterocycles. The predicted octanol–water partition coefficient (Wildman–Crippen LogP) is 3.12. The molecule has 1 aromatic heterocycles. The highest BCUT2D eigenvalue weighted by Crippen LogP contribution is 2.26. The Kier molecular flexibility index (Phi) is 6.05. The van der Waals surface area contributed by atoms with Crippen LogP contribution in [-0.2, 0) is 4.79 Å². The monoisotopic (exact) mass is 335 g/mol. The summed E-state index contributed by atoms with van der Waals surface area (Å²) in [4.78, 5) is 23.7. The van der Waals surface area contributed by atoms with E-state index < -0.39 is 5.91 Å². The van der Waals surface area contributed by atoms with Gasteiger partial charge in [-0.05, 0) is 36.8 Å². The second-order valence-corrected chi connectivity index (χ2v) is 5.26. The predicted molar refractivity (Wildman–Crippen MR) is 89.9 cm³/mol. The molecule has 0 atom stereocenters. The average Bonchev–Trinajstić information content (AvgIpc) is 3.06. The SMILES string of the molecule is CCCNC(=O)CNc1ccc(Cl)cc1NC(=O)c1ccco1. The van der Waals surface area contributed by atoms with E-state index in [1.165, 1.54) is 6.26 Å². The van der Waals surface area contributed by atoms with Gasteiger partial charge in [0.1, 0.15) is 0 Å². The Labute approximate surface area is 139 Å². The fourth-order valence-electron chi connectivity index (χ4n) is 1.87. The van der Waals surface area contributed by atoms with Crippen molar-refractivity contribution in [2.75, 3.05) is 23.7 Å². The van der Waals surface area contributed by atoms with Gasteiger partial charge in [-0.1, -0.05) is 18.5 Å². The van der Waals surface area contributed by atoms with Crippen LogP contribution in [0.4, 0.5) is 11.4 Å². The van der Waals surface area contributed by atoms with E-state index in [1.807, 2.05) is 6.92 Å². The Morgan fingerprint density at radius 1 is 1.22 bits per heavy atom. The second kappa shape index (κ2) is 8.24. The van der Waals surface area contributed by atoms with Crippen molar-refractivity contribution in [3.8, 4) is 0 Å². The highest BCUT2D eigenvalue weighted by atomic mass is 35.5. The van der Waals surface area contributed by atoms with Crippen molar-refractivity contribution in [2.24, 2.45) is 0 Å². The van der Waals surface area contributed by atoms with Crippen LogP contribution >= 0.6 is 11.6 Å². The van der Waals surface area contributed by atoms with Gasteiger partial charge in [-0.2, -0.15) is 0 Å². The summed E-state index contributed by atoms with van der Waals surface area (Å²) in [6.45, 7) is 2.71. The number of furan rings is 1. The Balaban J connectivity index is 2.05. The third kappa shape index (κ3) is 5.03. The minimum Gasteiger partial charge on any atom is -0.459 e. The molecule has 1 heterocycles. The minimum atomic E-state index is -0.393. The third-order valence-corrected chi connectivity index (χ3v) is 3.22. The summed E-state index contributed by atoms with van der Waals surface area (Å²) in [5, 5.41) is 8.93. The molecule has 6 nitrogen and oxygen atoms in total. The number of halogens is 1. The first kappa shape index (κ1) is 16.9. The molecule has 3 N–H and O–H groups in total. The molecule has 23 heavy (non-hydrogen) atoms. The summed E-state index contributed by atoms with van der Waals surface area (Å²) in [7, 11) is 0. The molecule has 0 radical (unpaired) electrons. The topological polar surface area (TPSA) is 83.4 Å². The van der Waals surface area contributed by atoms with Crippen LogP contribution in [0.2, 0.25) is 5.02 Å². The maximum Gasteiger partial charge on any atom is 0.291 e. The largest absolute Gasteiger partial charge is 0.459 e. The van der Waals surface area contributed by atoms with Crippen molar-refractivity contribution < 1.29 is 14.0 Å². The normalized spacial score (nSPS) is 10.2. The zero-order valence-electron chi connectivity index (χ0n) is 12.7. The highest BCUT2D eigenvalue weighted by Gasteiger charge is 2.12. The number of anilines is 2. The minimum absolute atomic E-state index is 0.102. The lowest BCUT2D eigenvalue weighted by Gasteiger charge is -2.13. The summed E-state index contributed by atoms with van der Waals surface area (Å²) < 4.78 is 5.05. The number of carbonyl (C=O) groups is 2. The number of amides is 2. The van der Waals surface area contributed by atoms with Gasteiger partial charge in [0.05, 0.1) is 24.2 Å². The summed E-state index contributed by atoms with van der Waals surface area (Å²) in [5.74, 6) is -0.322. The third-order valence-electron chi connectivity index (χ3n) is 2.99. The fraction of sp³-hybridized carbons (Fsp3) is 0.250. The molecule has 122 valence electrons. The van der Waals surface area contributed by atoms with Gasteiger partial charge in [-0.25, -0.2) is 0 Å². The smallest absolute Gasteiger partial charge is 0.291 e. The van der Waals surface area contributed by atoms with Crippen molar-refractivity contribution in [2.45, 2.75) is 13.3 Å². The molecule has 7 heteroatoms. The van der Waals surface area contributed by atoms with Crippen LogP contribution in [0, 0.1) is 0 Å². The van der Waals surface area contributed by atoms with Crippen molar-refractivity contribution in [1.29, 1.82) is 0 Å². The van der Waals surface area contributed by atoms with E-state index in [0.29, 0.717) is 22.9 Å². The standard InChI is InChI=1S/C16H18ClN3O3/c1-2-7-18-15(21)10-19-12-6-5-11(17)9-13(12)20-16(22)14-4-3-8-23-14/h3-6,8-9,19H,2,7,10H2,1H3,(H,18,21)(H,20,22). The molecule has 1 aromatic carbocycles. The zero-order chi connectivity index (χ0) is 16.7. The van der Waals surface area contributed by atoms with E-state index in [4.69, 9.17) is 16.0 Å². The zero-order valence-corrected chi connectivity index (χ0v) is 13.4. The summed E-state index contributed by atoms with van der Waals surface area (Å²) >= 11 is 5.97. The first-order chi connectivity index (χ1) is 11.1. The molecular formula is C16H18ClN3O3. The number of nitrogens with one attached hydrogen (secondary N) is 3. The maximum atomic E-state index is 12.1. The van der Waals surface area contributed by atoms with E-state index in [0.717, 1.165) is 6.42 Å². The van der Waals surface area contributed by atoms with Gasteiger partial charge in [0.2, 0.25) is 5.91 Å². The lowest BCUT2D eigenvalue weighted by molar-refractivity contribution is -0.119. The van der Waals surface area contributed by atoms with Gasteiger partial charge in [0, 0.05) is 11.6 Å². The number of hydrogen-bond donors (Lipinski definition) is 3. The van der Waals surface area contributed by atoms with Gasteiger partial charge < -0.3 is 20.4 Å². The van der Waals surface area contributed by atoms with Crippen LogP contribution in [0.1, 0.15) is 23.9 Å². The summed E-state index contributed by atoms with van der Waals surface area (Å²) in [6.07, 6.45) is 2.29. The number of carbonyl (C=O) groups excluding carboxylic acids is 2. The molecule has 0 aliphatic rings. The molecule has 0 aliphatic carbocycles. The Hall–Kier alpha value is -2.47. The lowest BCUT2D eigenvalue weighted by atomic mass is 10.2. The number of benzene rings is 1. The molecule has 2 amide bonds. The van der Waals surface area contributed by atoms with E-state index in [1.54, 1.807) is 30.3 Å². The molecule has 0 aliphatic heterocycles. The Bertz CT molecular complexity index is 671. The number of rotatable bonds is 7. The van der Waals surface area contributed by atoms with Crippen LogP contribution < -0.4 is 16.0 Å². The average molecular weight is 336 g/mol. The van der Waals surface area contributed by atoms with E-state index in [9.17, 15) is 9.59 Å². The van der Waals surface area contributed by atoms with E-state index in [2.05, 4.69) is 16.0 Å². The van der Waals surface area contributed by atoms with Crippen molar-refractivity contribution in [3.05, 3.63) is 47.4 Å². The number of hydrogen-bond acceptors (Lipinski definition) is 4. The second-order valence-electron chi connectivity index (χ2n) is 4.82. The van der Waals surface area contributed by atoms with Gasteiger partial charge in [-0.3, -0.25) is 9.59 Å². The lowest BCUT2D eigenvalue weighted by Crippen LogP contribution is -2.30. The molecule has 0 spiro atoms. The molecular weight excluding hydrogens is 318 g/mol. The van der Waals surface area contributed by atoms with Gasteiger partial charge in [0.25, 0.3) is 5.91 Å². The van der Waals surface area contributed by atoms with Crippen LogP contribution in [0.25, 0.3) is 0 Å². The summed E-state index contributed by atoms with van der Waals surface area (Å²) in [6, 6.07) is 8.17. The quantitative estimate of drug-likeness (QED) is 0.726. The van der Waals surface area contributed by atoms with Crippen LogP contribution in [0.3, 0.4) is 0 Å². The van der Waals surface area contributed by atoms with Gasteiger partial charge >= 0.3 is 0 Å². The van der Waals surface area contributed by atoms with Crippen molar-refractivity contribution in [1.82, 2.24) is 5.32 Å². The highest BCUT2D eigenvalue weighted by molar-refractivity contribution is 6.31. The van der Waals surface area contributed by atoms with Gasteiger partial charge in [-0.15, -0.1) is 0 Å². The molecule has 2 rings (SSSR count). The first-order valence-corrected chi connectivity index (χ1v) is 7.63. The van der Waals surface area contributed by atoms with Crippen molar-refractivity contribution >= 4 is 34.8 Å². The molecule has 0 saturated carbocycles. The van der Waals surface area contributed by atoms with Crippen molar-refractivity contribution in [3.63, 3.8) is 0 Å². The van der Waals surface area contributed by atoms with E-state index in [-0.39, 0.29) is 18.2 Å². The molecule has 0 bridgehead atoms. The van der Waals surface area contributed by atoms with Crippen LogP contribution in [-0.4, -0.2) is 24.9 Å².